The maximum atomic E-state index is 12.3. The molecule has 0 aliphatic rings. The Morgan fingerprint density at radius 3 is 2.69 bits per heavy atom. The quantitative estimate of drug-likeness (QED) is 0.732. The van der Waals surface area contributed by atoms with Crippen molar-refractivity contribution in [3.8, 4) is 11.8 Å². The van der Waals surface area contributed by atoms with Crippen LogP contribution in [0.15, 0.2) is 59.0 Å². The molecule has 0 aliphatic carbocycles. The van der Waals surface area contributed by atoms with Crippen molar-refractivity contribution in [3.63, 3.8) is 0 Å². The van der Waals surface area contributed by atoms with E-state index in [4.69, 9.17) is 14.4 Å². The molecule has 0 fully saturated rings. The summed E-state index contributed by atoms with van der Waals surface area (Å²) in [4.78, 5) is 12.3. The Labute approximate surface area is 151 Å². The molecule has 130 valence electrons. The molecule has 5 nitrogen and oxygen atoms in total. The van der Waals surface area contributed by atoms with Crippen molar-refractivity contribution in [1.82, 2.24) is 0 Å². The van der Waals surface area contributed by atoms with Crippen molar-refractivity contribution >= 4 is 11.6 Å². The summed E-state index contributed by atoms with van der Waals surface area (Å²) in [6, 6.07) is 18.0. The predicted octanol–water partition coefficient (Wildman–Crippen LogP) is 4.60. The molecule has 0 unspecified atom stereocenters. The Kier molecular flexibility index (Phi) is 5.04. The Bertz CT molecular complexity index is 983. The van der Waals surface area contributed by atoms with Crippen LogP contribution in [0.1, 0.15) is 33.0 Å². The summed E-state index contributed by atoms with van der Waals surface area (Å²) in [5.41, 5.74) is 3.19. The number of ether oxygens (including phenoxy) is 1. The lowest BCUT2D eigenvalue weighted by molar-refractivity contribution is 0.0992. The van der Waals surface area contributed by atoms with Crippen molar-refractivity contribution < 1.29 is 13.9 Å². The van der Waals surface area contributed by atoms with Crippen LogP contribution in [0.5, 0.6) is 5.75 Å². The van der Waals surface area contributed by atoms with Crippen molar-refractivity contribution in [2.45, 2.75) is 20.5 Å². The van der Waals surface area contributed by atoms with Gasteiger partial charge in [-0.05, 0) is 61.4 Å². The summed E-state index contributed by atoms with van der Waals surface area (Å²) >= 11 is 0. The molecule has 5 heteroatoms. The minimum Gasteiger partial charge on any atom is -0.486 e. The van der Waals surface area contributed by atoms with Gasteiger partial charge in [0.2, 0.25) is 0 Å². The summed E-state index contributed by atoms with van der Waals surface area (Å²) in [6.07, 6.45) is 0. The molecule has 0 aliphatic heterocycles. The van der Waals surface area contributed by atoms with Crippen LogP contribution < -0.4 is 10.1 Å². The SMILES string of the molecule is Cc1ccc(OCc2ccc(C(=O)Nc3ccccc3C#N)o2)cc1C. The standard InChI is InChI=1S/C21H18N2O3/c1-14-7-8-17(11-15(14)2)25-13-18-9-10-20(26-18)21(24)23-19-6-4-3-5-16(19)12-22/h3-11H,13H2,1-2H3,(H,23,24). The number of furan rings is 1. The highest BCUT2D eigenvalue weighted by Gasteiger charge is 2.13. The summed E-state index contributed by atoms with van der Waals surface area (Å²) in [5, 5.41) is 11.8. The number of benzene rings is 2. The molecule has 0 saturated heterocycles. The van der Waals surface area contributed by atoms with E-state index >= 15 is 0 Å². The number of amides is 1. The fourth-order valence-corrected chi connectivity index (χ4v) is 2.41. The highest BCUT2D eigenvalue weighted by atomic mass is 16.5. The second-order valence-electron chi connectivity index (χ2n) is 5.91. The summed E-state index contributed by atoms with van der Waals surface area (Å²) in [6.45, 7) is 4.29. The number of carbonyl (C=O) groups excluding carboxylic acids is 1. The van der Waals surface area contributed by atoms with Gasteiger partial charge in [0.15, 0.2) is 5.76 Å². The number of hydrogen-bond acceptors (Lipinski definition) is 4. The average Bonchev–Trinajstić information content (AvgIpc) is 3.12. The van der Waals surface area contributed by atoms with Crippen molar-refractivity contribution in [2.75, 3.05) is 5.32 Å². The first kappa shape index (κ1) is 17.3. The van der Waals surface area contributed by atoms with Crippen LogP contribution in [0.2, 0.25) is 0 Å². The number of carbonyl (C=O) groups is 1. The van der Waals surface area contributed by atoms with Crippen LogP contribution in [0.3, 0.4) is 0 Å². The molecule has 26 heavy (non-hydrogen) atoms. The van der Waals surface area contributed by atoms with Gasteiger partial charge in [-0.2, -0.15) is 5.26 Å². The third kappa shape index (κ3) is 3.93. The monoisotopic (exact) mass is 346 g/mol. The number of para-hydroxylation sites is 1. The Morgan fingerprint density at radius 1 is 1.12 bits per heavy atom. The third-order valence-electron chi connectivity index (χ3n) is 4.04. The van der Waals surface area contributed by atoms with Gasteiger partial charge in [-0.3, -0.25) is 4.79 Å². The van der Waals surface area contributed by atoms with Gasteiger partial charge in [0.05, 0.1) is 11.3 Å². The topological polar surface area (TPSA) is 75.3 Å². The number of nitrogens with zero attached hydrogens (tertiary/aromatic N) is 1. The van der Waals surface area contributed by atoms with Crippen LogP contribution in [0.25, 0.3) is 0 Å². The van der Waals surface area contributed by atoms with Crippen molar-refractivity contribution in [2.24, 2.45) is 0 Å². The van der Waals surface area contributed by atoms with Gasteiger partial charge in [-0.15, -0.1) is 0 Å². The number of aryl methyl sites for hydroxylation is 2. The molecular formula is C21H18N2O3. The average molecular weight is 346 g/mol. The normalized spacial score (nSPS) is 10.2. The van der Waals surface area contributed by atoms with E-state index in [0.717, 1.165) is 11.3 Å². The summed E-state index contributed by atoms with van der Waals surface area (Å²) < 4.78 is 11.3. The molecule has 1 N–H and O–H groups in total. The Morgan fingerprint density at radius 2 is 1.92 bits per heavy atom. The minimum absolute atomic E-state index is 0.163. The molecule has 0 atom stereocenters. The first-order valence-corrected chi connectivity index (χ1v) is 8.16. The molecule has 2 aromatic carbocycles. The third-order valence-corrected chi connectivity index (χ3v) is 4.04. The highest BCUT2D eigenvalue weighted by molar-refractivity contribution is 6.03. The van der Waals surface area contributed by atoms with Crippen molar-refractivity contribution in [3.05, 3.63) is 82.8 Å². The van der Waals surface area contributed by atoms with Gasteiger partial charge >= 0.3 is 0 Å². The van der Waals surface area contributed by atoms with E-state index < -0.39 is 5.91 Å². The molecule has 0 bridgehead atoms. The molecule has 3 rings (SSSR count). The lowest BCUT2D eigenvalue weighted by Crippen LogP contribution is -2.11. The summed E-state index contributed by atoms with van der Waals surface area (Å²) in [7, 11) is 0. The molecule has 0 radical (unpaired) electrons. The zero-order valence-corrected chi connectivity index (χ0v) is 14.6. The number of nitrogens with one attached hydrogen (secondary N) is 1. The van der Waals surface area contributed by atoms with E-state index in [9.17, 15) is 4.79 Å². The molecular weight excluding hydrogens is 328 g/mol. The van der Waals surface area contributed by atoms with Crippen LogP contribution in [0.4, 0.5) is 5.69 Å². The predicted molar refractivity (Wildman–Crippen MR) is 98.1 cm³/mol. The van der Waals surface area contributed by atoms with E-state index in [-0.39, 0.29) is 12.4 Å². The molecule has 3 aromatic rings. The number of rotatable bonds is 5. The maximum Gasteiger partial charge on any atom is 0.291 e. The van der Waals surface area contributed by atoms with Gasteiger partial charge in [-0.1, -0.05) is 18.2 Å². The largest absolute Gasteiger partial charge is 0.486 e. The lowest BCUT2D eigenvalue weighted by Gasteiger charge is -2.07. The number of anilines is 1. The number of hydrogen-bond donors (Lipinski definition) is 1. The first-order valence-electron chi connectivity index (χ1n) is 8.16. The fourth-order valence-electron chi connectivity index (χ4n) is 2.41. The van der Waals surface area contributed by atoms with E-state index in [1.807, 2.05) is 38.1 Å². The molecule has 1 heterocycles. The fraction of sp³-hybridized carbons (Fsp3) is 0.143. The molecule has 0 spiro atoms. The first-order chi connectivity index (χ1) is 12.6. The van der Waals surface area contributed by atoms with E-state index in [0.29, 0.717) is 17.0 Å². The number of nitriles is 1. The van der Waals surface area contributed by atoms with Crippen LogP contribution in [0, 0.1) is 25.2 Å². The Hall–Kier alpha value is -3.52. The smallest absolute Gasteiger partial charge is 0.291 e. The molecule has 1 amide bonds. The second-order valence-corrected chi connectivity index (χ2v) is 5.91. The minimum atomic E-state index is -0.412. The van der Waals surface area contributed by atoms with Crippen LogP contribution in [-0.2, 0) is 6.61 Å². The highest BCUT2D eigenvalue weighted by Crippen LogP contribution is 2.19. The van der Waals surface area contributed by atoms with E-state index in [1.165, 1.54) is 5.56 Å². The van der Waals surface area contributed by atoms with Gasteiger partial charge < -0.3 is 14.5 Å². The Balaban J connectivity index is 1.64. The van der Waals surface area contributed by atoms with Gasteiger partial charge in [0, 0.05) is 0 Å². The second kappa shape index (κ2) is 7.58. The van der Waals surface area contributed by atoms with Crippen molar-refractivity contribution in [1.29, 1.82) is 5.26 Å². The van der Waals surface area contributed by atoms with Crippen LogP contribution in [-0.4, -0.2) is 5.91 Å². The van der Waals surface area contributed by atoms with Gasteiger partial charge in [0.25, 0.3) is 5.91 Å². The van der Waals surface area contributed by atoms with E-state index in [2.05, 4.69) is 5.32 Å². The lowest BCUT2D eigenvalue weighted by atomic mass is 10.1. The maximum absolute atomic E-state index is 12.3. The van der Waals surface area contributed by atoms with E-state index in [1.54, 1.807) is 36.4 Å². The van der Waals surface area contributed by atoms with Gasteiger partial charge in [0.1, 0.15) is 24.2 Å². The molecule has 1 aromatic heterocycles. The zero-order valence-electron chi connectivity index (χ0n) is 14.6. The van der Waals surface area contributed by atoms with Gasteiger partial charge in [-0.25, -0.2) is 0 Å². The summed E-state index contributed by atoms with van der Waals surface area (Å²) in [5.74, 6) is 1.04. The zero-order chi connectivity index (χ0) is 18.5. The molecule has 0 saturated carbocycles. The van der Waals surface area contributed by atoms with Crippen LogP contribution >= 0.6 is 0 Å².